The second-order valence-electron chi connectivity index (χ2n) is 10.0. The number of hydrogen-bond donors (Lipinski definition) is 0. The van der Waals surface area contributed by atoms with Crippen molar-refractivity contribution in [2.24, 2.45) is 10.8 Å². The standard InChI is InChI=1S/C12H24O.C11H22O.CH4/c1-11(13)9-7-5-6-8-10-12(2,3)4;1-10(12)8-6-5-7-9-11(2,3)4;/h5-10H2,1-4H3;5-9H2,1-4H3;1H4. The molecule has 0 unspecified atom stereocenters. The van der Waals surface area contributed by atoms with Crippen molar-refractivity contribution in [3.05, 3.63) is 0 Å². The zero-order chi connectivity index (χ0) is 19.9. The summed E-state index contributed by atoms with van der Waals surface area (Å²) in [4.78, 5) is 21.2. The smallest absolute Gasteiger partial charge is 0.129 e. The second-order valence-corrected chi connectivity index (χ2v) is 10.0. The summed E-state index contributed by atoms with van der Waals surface area (Å²) in [5.74, 6) is 0.654. The molecule has 0 fully saturated rings. The predicted molar refractivity (Wildman–Crippen MR) is 118 cm³/mol. The Morgan fingerprint density at radius 3 is 1.08 bits per heavy atom. The summed E-state index contributed by atoms with van der Waals surface area (Å²) in [6.07, 6.45) is 12.5. The van der Waals surface area contributed by atoms with Gasteiger partial charge in [0.05, 0.1) is 0 Å². The number of Topliss-reactive ketones (excluding diaryl/α,β-unsaturated/α-hetero) is 2. The zero-order valence-electron chi connectivity index (χ0n) is 18.6. The lowest BCUT2D eigenvalue weighted by molar-refractivity contribution is -0.118. The topological polar surface area (TPSA) is 34.1 Å². The van der Waals surface area contributed by atoms with Crippen molar-refractivity contribution in [3.63, 3.8) is 0 Å². The first-order valence-electron chi connectivity index (χ1n) is 10.3. The lowest BCUT2D eigenvalue weighted by Crippen LogP contribution is -2.04. The highest BCUT2D eigenvalue weighted by Crippen LogP contribution is 2.23. The summed E-state index contributed by atoms with van der Waals surface area (Å²) in [6.45, 7) is 17.0. The summed E-state index contributed by atoms with van der Waals surface area (Å²) in [7, 11) is 0. The largest absolute Gasteiger partial charge is 0.300 e. The average molecular weight is 371 g/mol. The minimum absolute atomic E-state index is 0. The third kappa shape index (κ3) is 34.6. The number of rotatable bonds is 11. The van der Waals surface area contributed by atoms with Crippen molar-refractivity contribution in [1.82, 2.24) is 0 Å². The van der Waals surface area contributed by atoms with Gasteiger partial charge in [-0.25, -0.2) is 0 Å². The van der Waals surface area contributed by atoms with Gasteiger partial charge in [-0.3, -0.25) is 0 Å². The van der Waals surface area contributed by atoms with Gasteiger partial charge in [-0.1, -0.05) is 81.1 Å². The van der Waals surface area contributed by atoms with Crippen molar-refractivity contribution in [1.29, 1.82) is 0 Å². The molecule has 0 atom stereocenters. The maximum atomic E-state index is 10.6. The summed E-state index contributed by atoms with van der Waals surface area (Å²) in [5, 5.41) is 0. The van der Waals surface area contributed by atoms with Crippen LogP contribution in [0.25, 0.3) is 0 Å². The molecular weight excluding hydrogens is 320 g/mol. The minimum Gasteiger partial charge on any atom is -0.300 e. The molecule has 0 N–H and O–H groups in total. The molecular formula is C24H50O2. The number of carbonyl (C=O) groups is 2. The van der Waals surface area contributed by atoms with Crippen LogP contribution >= 0.6 is 0 Å². The van der Waals surface area contributed by atoms with Gasteiger partial charge in [-0.2, -0.15) is 0 Å². The van der Waals surface area contributed by atoms with E-state index in [0.29, 0.717) is 22.4 Å². The highest BCUT2D eigenvalue weighted by atomic mass is 16.1. The van der Waals surface area contributed by atoms with Crippen LogP contribution < -0.4 is 0 Å². The van der Waals surface area contributed by atoms with Crippen LogP contribution in [-0.4, -0.2) is 11.6 Å². The van der Waals surface area contributed by atoms with E-state index in [2.05, 4.69) is 41.5 Å². The van der Waals surface area contributed by atoms with E-state index in [1.54, 1.807) is 13.8 Å². The van der Waals surface area contributed by atoms with Crippen LogP contribution in [0.15, 0.2) is 0 Å². The molecule has 0 saturated carbocycles. The fourth-order valence-corrected chi connectivity index (χ4v) is 2.59. The quantitative estimate of drug-likeness (QED) is 0.344. The summed E-state index contributed by atoms with van der Waals surface area (Å²) in [5.41, 5.74) is 0.927. The number of hydrogen-bond acceptors (Lipinski definition) is 2. The highest BCUT2D eigenvalue weighted by Gasteiger charge is 2.09. The average Bonchev–Trinajstić information content (AvgIpc) is 2.40. The van der Waals surface area contributed by atoms with Crippen LogP contribution in [0.3, 0.4) is 0 Å². The normalized spacial score (nSPS) is 11.2. The van der Waals surface area contributed by atoms with Crippen molar-refractivity contribution < 1.29 is 9.59 Å². The molecule has 0 aliphatic carbocycles. The third-order valence-electron chi connectivity index (χ3n) is 4.16. The fraction of sp³-hybridized carbons (Fsp3) is 0.917. The lowest BCUT2D eigenvalue weighted by atomic mass is 9.89. The van der Waals surface area contributed by atoms with Gasteiger partial charge in [0.1, 0.15) is 11.6 Å². The molecule has 0 aromatic carbocycles. The molecule has 0 aliphatic rings. The first-order valence-corrected chi connectivity index (χ1v) is 10.3. The molecule has 2 nitrogen and oxygen atoms in total. The molecule has 0 aromatic rings. The van der Waals surface area contributed by atoms with Gasteiger partial charge in [-0.15, -0.1) is 0 Å². The second kappa shape index (κ2) is 16.5. The molecule has 0 aromatic heterocycles. The van der Waals surface area contributed by atoms with Crippen molar-refractivity contribution >= 4 is 11.6 Å². The van der Waals surface area contributed by atoms with E-state index in [1.807, 2.05) is 0 Å². The Labute approximate surface area is 165 Å². The van der Waals surface area contributed by atoms with Gasteiger partial charge in [0.15, 0.2) is 0 Å². The van der Waals surface area contributed by atoms with E-state index in [1.165, 1.54) is 44.9 Å². The van der Waals surface area contributed by atoms with Crippen LogP contribution in [0.2, 0.25) is 0 Å². The molecule has 2 heteroatoms. The summed E-state index contributed by atoms with van der Waals surface area (Å²) >= 11 is 0. The Morgan fingerprint density at radius 2 is 0.808 bits per heavy atom. The number of carbonyl (C=O) groups excluding carboxylic acids is 2. The van der Waals surface area contributed by atoms with E-state index in [0.717, 1.165) is 25.7 Å². The maximum absolute atomic E-state index is 10.6. The Balaban J connectivity index is -0.000000393. The summed E-state index contributed by atoms with van der Waals surface area (Å²) in [6, 6.07) is 0. The fourth-order valence-electron chi connectivity index (χ4n) is 2.59. The van der Waals surface area contributed by atoms with Crippen LogP contribution in [0, 0.1) is 10.8 Å². The van der Waals surface area contributed by atoms with Gasteiger partial charge in [0, 0.05) is 12.8 Å². The summed E-state index contributed by atoms with van der Waals surface area (Å²) < 4.78 is 0. The van der Waals surface area contributed by atoms with Gasteiger partial charge in [0.2, 0.25) is 0 Å². The Morgan fingerprint density at radius 1 is 0.538 bits per heavy atom. The molecule has 0 radical (unpaired) electrons. The third-order valence-corrected chi connectivity index (χ3v) is 4.16. The predicted octanol–water partition coefficient (Wildman–Crippen LogP) is 8.17. The number of ketones is 2. The van der Waals surface area contributed by atoms with E-state index >= 15 is 0 Å². The Hall–Kier alpha value is -0.660. The molecule has 0 saturated heterocycles. The van der Waals surface area contributed by atoms with Crippen LogP contribution in [0.4, 0.5) is 0 Å². The van der Waals surface area contributed by atoms with E-state index in [4.69, 9.17) is 0 Å². The van der Waals surface area contributed by atoms with Crippen LogP contribution in [0.5, 0.6) is 0 Å². The zero-order valence-corrected chi connectivity index (χ0v) is 18.6. The van der Waals surface area contributed by atoms with E-state index in [9.17, 15) is 9.59 Å². The molecule has 0 amide bonds. The molecule has 0 aliphatic heterocycles. The maximum Gasteiger partial charge on any atom is 0.129 e. The van der Waals surface area contributed by atoms with Crippen LogP contribution in [-0.2, 0) is 9.59 Å². The minimum atomic E-state index is 0. The first kappa shape index (κ1) is 30.1. The van der Waals surface area contributed by atoms with Gasteiger partial charge in [0.25, 0.3) is 0 Å². The Bertz CT molecular complexity index is 342. The molecule has 0 spiro atoms. The van der Waals surface area contributed by atoms with Gasteiger partial charge < -0.3 is 9.59 Å². The van der Waals surface area contributed by atoms with Crippen molar-refractivity contribution in [2.45, 2.75) is 133 Å². The van der Waals surface area contributed by atoms with Crippen LogP contribution in [0.1, 0.15) is 133 Å². The molecule has 0 rings (SSSR count). The SMILES string of the molecule is C.CC(=O)CCCCCC(C)(C)C.CC(=O)CCCCCCC(C)(C)C. The first-order chi connectivity index (χ1) is 11.3. The highest BCUT2D eigenvalue weighted by molar-refractivity contribution is 5.75. The van der Waals surface area contributed by atoms with E-state index in [-0.39, 0.29) is 7.43 Å². The van der Waals surface area contributed by atoms with E-state index < -0.39 is 0 Å². The Kier molecular flexibility index (Phi) is 19.1. The monoisotopic (exact) mass is 370 g/mol. The number of unbranched alkanes of at least 4 members (excludes halogenated alkanes) is 5. The van der Waals surface area contributed by atoms with Gasteiger partial charge >= 0.3 is 0 Å². The molecule has 26 heavy (non-hydrogen) atoms. The van der Waals surface area contributed by atoms with Crippen molar-refractivity contribution in [3.8, 4) is 0 Å². The van der Waals surface area contributed by atoms with Gasteiger partial charge in [-0.05, 0) is 50.4 Å². The molecule has 0 bridgehead atoms. The lowest BCUT2D eigenvalue weighted by Gasteiger charge is -2.17. The molecule has 0 heterocycles. The molecule has 158 valence electrons. The van der Waals surface area contributed by atoms with Crippen molar-refractivity contribution in [2.75, 3.05) is 0 Å².